The minimum absolute atomic E-state index is 0.0207. The summed E-state index contributed by atoms with van der Waals surface area (Å²) >= 11 is 0. The lowest BCUT2D eigenvalue weighted by molar-refractivity contribution is -0.133. The first-order chi connectivity index (χ1) is 25.0. The molecule has 1 aliphatic heterocycles. The van der Waals surface area contributed by atoms with Crippen molar-refractivity contribution in [2.45, 2.75) is 63.3 Å². The second-order valence-corrected chi connectivity index (χ2v) is 14.3. The fourth-order valence-electron chi connectivity index (χ4n) is 5.80. The fourth-order valence-corrected chi connectivity index (χ4v) is 7.02. The van der Waals surface area contributed by atoms with Crippen molar-refractivity contribution in [3.8, 4) is 0 Å². The average Bonchev–Trinajstić information content (AvgIpc) is 3.84. The molecule has 3 aromatic carbocycles. The standard InChI is InChI=1S/C38H41N5O8S/c1-27(2)24-31(41-52(48,49)30-18-10-5-11-19-30)35(45)42-22-12-20-32(42)34(44)33-21-13-23-43(33)36(39-37(46)50-25-28-14-6-3-7-15-28)40-38(47)51-26-29-16-8-4-9-17-29/h3-11,13-19,21,23,27,31-32,41H,12,20,22,24-26H2,1-2H3,(H,39,40,46,47)/t31-,32+/m1/s1. The van der Waals surface area contributed by atoms with Gasteiger partial charge in [0.1, 0.15) is 19.3 Å². The maximum atomic E-state index is 14.2. The summed E-state index contributed by atoms with van der Waals surface area (Å²) in [5.74, 6) is -1.42. The molecule has 2 N–H and O–H groups in total. The summed E-state index contributed by atoms with van der Waals surface area (Å²) in [4.78, 5) is 59.6. The summed E-state index contributed by atoms with van der Waals surface area (Å²) in [5, 5.41) is 2.46. The van der Waals surface area contributed by atoms with Crippen molar-refractivity contribution < 1.29 is 37.1 Å². The Morgan fingerprint density at radius 3 is 2.04 bits per heavy atom. The van der Waals surface area contributed by atoms with Crippen LogP contribution in [0.1, 0.15) is 54.7 Å². The maximum absolute atomic E-state index is 14.2. The van der Waals surface area contributed by atoms with E-state index in [4.69, 9.17) is 9.47 Å². The van der Waals surface area contributed by atoms with Gasteiger partial charge in [-0.3, -0.25) is 19.5 Å². The third-order valence-electron chi connectivity index (χ3n) is 8.25. The Bertz CT molecular complexity index is 1980. The predicted octanol–water partition coefficient (Wildman–Crippen LogP) is 5.52. The highest BCUT2D eigenvalue weighted by atomic mass is 32.2. The van der Waals surface area contributed by atoms with Crippen LogP contribution in [0.2, 0.25) is 0 Å². The van der Waals surface area contributed by atoms with E-state index in [1.807, 2.05) is 26.0 Å². The Kier molecular flexibility index (Phi) is 12.7. The molecule has 1 aliphatic rings. The number of Topliss-reactive ketones (excluding diaryl/α,β-unsaturated/α-hetero) is 1. The molecule has 0 aliphatic carbocycles. The van der Waals surface area contributed by atoms with E-state index < -0.39 is 46.0 Å². The number of aliphatic imine (C=N–C) groups is 1. The van der Waals surface area contributed by atoms with Crippen LogP contribution >= 0.6 is 0 Å². The van der Waals surface area contributed by atoms with Crippen molar-refractivity contribution in [1.82, 2.24) is 19.5 Å². The zero-order valence-corrected chi connectivity index (χ0v) is 29.7. The van der Waals surface area contributed by atoms with Gasteiger partial charge in [0.05, 0.1) is 16.6 Å². The smallest absolute Gasteiger partial charge is 0.437 e. The first-order valence-corrected chi connectivity index (χ1v) is 18.4. The van der Waals surface area contributed by atoms with E-state index in [0.717, 1.165) is 5.56 Å². The van der Waals surface area contributed by atoms with Crippen LogP contribution in [0.4, 0.5) is 9.59 Å². The van der Waals surface area contributed by atoms with Gasteiger partial charge < -0.3 is 14.4 Å². The highest BCUT2D eigenvalue weighted by Gasteiger charge is 2.40. The highest BCUT2D eigenvalue weighted by Crippen LogP contribution is 2.25. The molecule has 13 nitrogen and oxygen atoms in total. The number of rotatable bonds is 12. The Morgan fingerprint density at radius 1 is 0.827 bits per heavy atom. The molecule has 14 heteroatoms. The molecule has 2 heterocycles. The lowest BCUT2D eigenvalue weighted by Gasteiger charge is -2.29. The second-order valence-electron chi connectivity index (χ2n) is 12.6. The van der Waals surface area contributed by atoms with Crippen molar-refractivity contribution in [3.63, 3.8) is 0 Å². The fraction of sp³-hybridized carbons (Fsp3) is 0.289. The number of ether oxygens (including phenoxy) is 2. The number of amides is 3. The van der Waals surface area contributed by atoms with E-state index in [0.29, 0.717) is 18.4 Å². The molecule has 1 aromatic heterocycles. The van der Waals surface area contributed by atoms with E-state index in [1.54, 1.807) is 66.7 Å². The highest BCUT2D eigenvalue weighted by molar-refractivity contribution is 7.89. The number of carbonyl (C=O) groups excluding carboxylic acids is 4. The summed E-state index contributed by atoms with van der Waals surface area (Å²) < 4.78 is 41.0. The molecule has 5 rings (SSSR count). The molecule has 3 amide bonds. The molecule has 52 heavy (non-hydrogen) atoms. The summed E-state index contributed by atoms with van der Waals surface area (Å²) in [6.45, 7) is 3.83. The third-order valence-corrected chi connectivity index (χ3v) is 9.74. The number of ketones is 1. The minimum atomic E-state index is -4.05. The van der Waals surface area contributed by atoms with Gasteiger partial charge in [-0.1, -0.05) is 92.7 Å². The van der Waals surface area contributed by atoms with Crippen LogP contribution < -0.4 is 10.0 Å². The molecule has 2 atom stereocenters. The van der Waals surface area contributed by atoms with Gasteiger partial charge in [-0.05, 0) is 60.6 Å². The van der Waals surface area contributed by atoms with Crippen molar-refractivity contribution in [1.29, 1.82) is 0 Å². The minimum Gasteiger partial charge on any atom is -0.444 e. The zero-order chi connectivity index (χ0) is 37.1. The number of benzene rings is 3. The van der Waals surface area contributed by atoms with Crippen molar-refractivity contribution in [2.24, 2.45) is 10.9 Å². The Hall–Kier alpha value is -5.60. The summed E-state index contributed by atoms with van der Waals surface area (Å²) in [7, 11) is -4.05. The van der Waals surface area contributed by atoms with Gasteiger partial charge in [0.2, 0.25) is 27.7 Å². The molecule has 0 spiro atoms. The molecule has 0 unspecified atom stereocenters. The van der Waals surface area contributed by atoms with Crippen LogP contribution in [0.25, 0.3) is 0 Å². The van der Waals surface area contributed by atoms with Crippen LogP contribution in [-0.2, 0) is 37.5 Å². The topological polar surface area (TPSA) is 165 Å². The number of likely N-dealkylation sites (tertiary alicyclic amines) is 1. The van der Waals surface area contributed by atoms with Gasteiger partial charge in [-0.15, -0.1) is 4.99 Å². The van der Waals surface area contributed by atoms with E-state index in [9.17, 15) is 27.6 Å². The van der Waals surface area contributed by atoms with Gasteiger partial charge in [-0.2, -0.15) is 4.72 Å². The zero-order valence-electron chi connectivity index (χ0n) is 28.9. The Balaban J connectivity index is 1.38. The molecular weight excluding hydrogens is 687 g/mol. The van der Waals surface area contributed by atoms with Crippen LogP contribution in [0.3, 0.4) is 0 Å². The maximum Gasteiger partial charge on any atom is 0.437 e. The number of nitrogens with one attached hydrogen (secondary N) is 2. The molecule has 0 bridgehead atoms. The Morgan fingerprint density at radius 2 is 1.42 bits per heavy atom. The summed E-state index contributed by atoms with van der Waals surface area (Å²) in [5.41, 5.74) is 1.46. The number of aromatic nitrogens is 1. The van der Waals surface area contributed by atoms with Gasteiger partial charge >= 0.3 is 12.2 Å². The van der Waals surface area contributed by atoms with Crippen molar-refractivity contribution in [3.05, 3.63) is 126 Å². The number of sulfonamides is 1. The van der Waals surface area contributed by atoms with Crippen LogP contribution in [0, 0.1) is 5.92 Å². The van der Waals surface area contributed by atoms with E-state index in [-0.39, 0.29) is 48.6 Å². The van der Waals surface area contributed by atoms with Crippen molar-refractivity contribution >= 4 is 39.9 Å². The lowest BCUT2D eigenvalue weighted by atomic mass is 10.0. The molecule has 0 radical (unpaired) electrons. The van der Waals surface area contributed by atoms with E-state index >= 15 is 0 Å². The lowest BCUT2D eigenvalue weighted by Crippen LogP contribution is -2.52. The second kappa shape index (κ2) is 17.6. The largest absolute Gasteiger partial charge is 0.444 e. The normalized spacial score (nSPS) is 15.2. The summed E-state index contributed by atoms with van der Waals surface area (Å²) in [6.07, 6.45) is 0.479. The predicted molar refractivity (Wildman–Crippen MR) is 193 cm³/mol. The number of hydrogen-bond donors (Lipinski definition) is 2. The van der Waals surface area contributed by atoms with Gasteiger partial charge in [0.25, 0.3) is 0 Å². The van der Waals surface area contributed by atoms with Gasteiger partial charge in [0, 0.05) is 12.7 Å². The molecular formula is C38H41N5O8S. The monoisotopic (exact) mass is 727 g/mol. The van der Waals surface area contributed by atoms with Crippen molar-refractivity contribution in [2.75, 3.05) is 6.54 Å². The number of carbonyl (C=O) groups is 4. The molecule has 1 saturated heterocycles. The number of hydrogen-bond acceptors (Lipinski definition) is 8. The SMILES string of the molecule is CC(C)C[C@@H](NS(=O)(=O)c1ccccc1)C(=O)N1CCC[C@H]1C(=O)c1cccn1C(=NC(=O)OCc1ccccc1)NC(=O)OCc1ccccc1. The van der Waals surface area contributed by atoms with E-state index in [2.05, 4.69) is 15.0 Å². The summed E-state index contributed by atoms with van der Waals surface area (Å²) in [6, 6.07) is 26.6. The van der Waals surface area contributed by atoms with Crippen LogP contribution in [-0.4, -0.2) is 66.3 Å². The number of alkyl carbamates (subject to hydrolysis) is 1. The molecule has 272 valence electrons. The Labute approximate surface area is 302 Å². The third kappa shape index (κ3) is 10.0. The van der Waals surface area contributed by atoms with E-state index in [1.165, 1.54) is 39.9 Å². The van der Waals surface area contributed by atoms with Gasteiger partial charge in [-0.25, -0.2) is 18.0 Å². The first kappa shape index (κ1) is 37.7. The molecule has 0 saturated carbocycles. The van der Waals surface area contributed by atoms with Crippen LogP contribution in [0.5, 0.6) is 0 Å². The molecule has 1 fully saturated rings. The first-order valence-electron chi connectivity index (χ1n) is 16.9. The van der Waals surface area contributed by atoms with Gasteiger partial charge in [0.15, 0.2) is 0 Å². The number of nitrogens with zero attached hydrogens (tertiary/aromatic N) is 3. The van der Waals surface area contributed by atoms with Crippen LogP contribution in [0.15, 0.2) is 119 Å². The quantitative estimate of drug-likeness (QED) is 0.109. The molecule has 4 aromatic rings. The average molecular weight is 728 g/mol.